The lowest BCUT2D eigenvalue weighted by atomic mass is 9.95. The molecular formula is C15H23FN2O. The topological polar surface area (TPSA) is 55.1 Å². The van der Waals surface area contributed by atoms with E-state index in [-0.39, 0.29) is 24.2 Å². The van der Waals surface area contributed by atoms with Gasteiger partial charge < -0.3 is 11.1 Å². The van der Waals surface area contributed by atoms with Gasteiger partial charge in [0.05, 0.1) is 6.42 Å². The second-order valence-electron chi connectivity index (χ2n) is 4.85. The summed E-state index contributed by atoms with van der Waals surface area (Å²) in [7, 11) is 0. The number of carbonyl (C=O) groups is 1. The number of hydrogen-bond acceptors (Lipinski definition) is 2. The molecule has 1 rings (SSSR count). The fourth-order valence-electron chi connectivity index (χ4n) is 2.14. The van der Waals surface area contributed by atoms with Gasteiger partial charge >= 0.3 is 0 Å². The van der Waals surface area contributed by atoms with Crippen LogP contribution in [0, 0.1) is 11.7 Å². The Kier molecular flexibility index (Phi) is 6.50. The van der Waals surface area contributed by atoms with Gasteiger partial charge in [0.25, 0.3) is 0 Å². The Labute approximate surface area is 114 Å². The number of amides is 1. The van der Waals surface area contributed by atoms with Crippen molar-refractivity contribution in [3.05, 3.63) is 35.6 Å². The summed E-state index contributed by atoms with van der Waals surface area (Å²) < 4.78 is 12.7. The molecule has 0 heterocycles. The Bertz CT molecular complexity index is 388. The summed E-state index contributed by atoms with van der Waals surface area (Å²) in [5.41, 5.74) is 6.84. The molecule has 1 atom stereocenters. The maximum absolute atomic E-state index is 12.7. The van der Waals surface area contributed by atoms with Crippen LogP contribution in [0.5, 0.6) is 0 Å². The Morgan fingerprint density at radius 2 is 1.84 bits per heavy atom. The van der Waals surface area contributed by atoms with Crippen LogP contribution >= 0.6 is 0 Å². The molecule has 1 aromatic rings. The highest BCUT2D eigenvalue weighted by atomic mass is 19.1. The van der Waals surface area contributed by atoms with Crippen LogP contribution in [0.4, 0.5) is 4.39 Å². The number of halogens is 1. The first-order chi connectivity index (χ1) is 9.06. The van der Waals surface area contributed by atoms with Gasteiger partial charge in [0.15, 0.2) is 0 Å². The third-order valence-corrected chi connectivity index (χ3v) is 3.47. The van der Waals surface area contributed by atoms with E-state index in [2.05, 4.69) is 19.2 Å². The van der Waals surface area contributed by atoms with E-state index in [0.29, 0.717) is 12.5 Å². The first kappa shape index (κ1) is 15.6. The molecule has 0 bridgehead atoms. The lowest BCUT2D eigenvalue weighted by molar-refractivity contribution is -0.120. The molecule has 4 heteroatoms. The molecule has 1 amide bonds. The molecule has 1 unspecified atom stereocenters. The van der Waals surface area contributed by atoms with Gasteiger partial charge in [0.1, 0.15) is 5.82 Å². The van der Waals surface area contributed by atoms with E-state index in [1.165, 1.54) is 12.1 Å². The van der Waals surface area contributed by atoms with E-state index in [4.69, 9.17) is 5.73 Å². The highest BCUT2D eigenvalue weighted by molar-refractivity contribution is 5.78. The Hall–Kier alpha value is -1.42. The molecule has 0 saturated carbocycles. The van der Waals surface area contributed by atoms with E-state index in [9.17, 15) is 9.18 Å². The van der Waals surface area contributed by atoms with Crippen LogP contribution in [-0.4, -0.2) is 18.5 Å². The molecule has 0 aliphatic rings. The van der Waals surface area contributed by atoms with Crippen molar-refractivity contribution in [2.75, 3.05) is 6.54 Å². The van der Waals surface area contributed by atoms with Gasteiger partial charge in [-0.1, -0.05) is 38.8 Å². The van der Waals surface area contributed by atoms with Gasteiger partial charge in [0, 0.05) is 12.6 Å². The van der Waals surface area contributed by atoms with E-state index >= 15 is 0 Å². The lowest BCUT2D eigenvalue weighted by Crippen LogP contribution is -2.42. The second kappa shape index (κ2) is 7.89. The molecule has 1 aromatic carbocycles. The average Bonchev–Trinajstić information content (AvgIpc) is 2.40. The fraction of sp³-hybridized carbons (Fsp3) is 0.533. The molecule has 106 valence electrons. The van der Waals surface area contributed by atoms with Crippen molar-refractivity contribution in [1.82, 2.24) is 5.32 Å². The first-order valence-corrected chi connectivity index (χ1v) is 6.83. The van der Waals surface area contributed by atoms with E-state index in [0.717, 1.165) is 18.4 Å². The Balaban J connectivity index is 2.37. The van der Waals surface area contributed by atoms with E-state index in [1.54, 1.807) is 12.1 Å². The third-order valence-electron chi connectivity index (χ3n) is 3.47. The fourth-order valence-corrected chi connectivity index (χ4v) is 2.14. The van der Waals surface area contributed by atoms with Gasteiger partial charge in [-0.25, -0.2) is 4.39 Å². The van der Waals surface area contributed by atoms with Crippen molar-refractivity contribution in [3.8, 4) is 0 Å². The minimum atomic E-state index is -0.292. The molecule has 0 aliphatic carbocycles. The summed E-state index contributed by atoms with van der Waals surface area (Å²) in [6.45, 7) is 4.70. The van der Waals surface area contributed by atoms with Crippen molar-refractivity contribution < 1.29 is 9.18 Å². The van der Waals surface area contributed by atoms with Gasteiger partial charge in [-0.15, -0.1) is 0 Å². The number of nitrogens with two attached hydrogens (primary N) is 1. The third kappa shape index (κ3) is 5.39. The minimum absolute atomic E-state index is 0.00725. The van der Waals surface area contributed by atoms with Crippen LogP contribution in [-0.2, 0) is 11.2 Å². The molecule has 0 aromatic heterocycles. The highest BCUT2D eigenvalue weighted by Gasteiger charge is 2.14. The standard InChI is InChI=1S/C15H23FN2O/c1-3-12(4-2)14(17)10-18-15(19)9-11-5-7-13(16)8-6-11/h5-8,12,14H,3-4,9-10,17H2,1-2H3,(H,18,19). The van der Waals surface area contributed by atoms with Crippen LogP contribution in [0.25, 0.3) is 0 Å². The van der Waals surface area contributed by atoms with E-state index < -0.39 is 0 Å². The van der Waals surface area contributed by atoms with E-state index in [1.807, 2.05) is 0 Å². The predicted molar refractivity (Wildman–Crippen MR) is 75.2 cm³/mol. The minimum Gasteiger partial charge on any atom is -0.354 e. The van der Waals surface area contributed by atoms with Gasteiger partial charge in [0.2, 0.25) is 5.91 Å². The largest absolute Gasteiger partial charge is 0.354 e. The zero-order valence-electron chi connectivity index (χ0n) is 11.7. The number of rotatable bonds is 7. The molecule has 19 heavy (non-hydrogen) atoms. The lowest BCUT2D eigenvalue weighted by Gasteiger charge is -2.21. The molecule has 3 N–H and O–H groups in total. The van der Waals surface area contributed by atoms with Gasteiger partial charge in [-0.05, 0) is 23.6 Å². The summed E-state index contributed by atoms with van der Waals surface area (Å²) in [4.78, 5) is 11.7. The summed E-state index contributed by atoms with van der Waals surface area (Å²) in [5.74, 6) is 0.0686. The van der Waals surface area contributed by atoms with Gasteiger partial charge in [-0.2, -0.15) is 0 Å². The average molecular weight is 266 g/mol. The molecule has 0 radical (unpaired) electrons. The number of hydrogen-bond donors (Lipinski definition) is 2. The van der Waals surface area contributed by atoms with Crippen molar-refractivity contribution in [2.24, 2.45) is 11.7 Å². The zero-order valence-corrected chi connectivity index (χ0v) is 11.7. The molecule has 3 nitrogen and oxygen atoms in total. The van der Waals surface area contributed by atoms with Crippen molar-refractivity contribution in [1.29, 1.82) is 0 Å². The van der Waals surface area contributed by atoms with Crippen LogP contribution in [0.15, 0.2) is 24.3 Å². The van der Waals surface area contributed by atoms with Crippen molar-refractivity contribution in [3.63, 3.8) is 0 Å². The summed E-state index contributed by atoms with van der Waals surface area (Å²) >= 11 is 0. The second-order valence-corrected chi connectivity index (χ2v) is 4.85. The smallest absolute Gasteiger partial charge is 0.224 e. The van der Waals surface area contributed by atoms with Crippen LogP contribution < -0.4 is 11.1 Å². The molecule has 0 aliphatic heterocycles. The summed E-state index contributed by atoms with van der Waals surface area (Å²) in [6.07, 6.45) is 2.30. The molecule has 0 fully saturated rings. The first-order valence-electron chi connectivity index (χ1n) is 6.83. The molecule has 0 spiro atoms. The predicted octanol–water partition coefficient (Wildman–Crippen LogP) is 2.25. The highest BCUT2D eigenvalue weighted by Crippen LogP contribution is 2.10. The van der Waals surface area contributed by atoms with Crippen molar-refractivity contribution in [2.45, 2.75) is 39.2 Å². The monoisotopic (exact) mass is 266 g/mol. The summed E-state index contributed by atoms with van der Waals surface area (Å²) in [6, 6.07) is 5.95. The zero-order chi connectivity index (χ0) is 14.3. The number of benzene rings is 1. The van der Waals surface area contributed by atoms with Crippen LogP contribution in [0.1, 0.15) is 32.3 Å². The Morgan fingerprint density at radius 1 is 1.26 bits per heavy atom. The summed E-state index contributed by atoms with van der Waals surface area (Å²) in [5, 5.41) is 2.84. The van der Waals surface area contributed by atoms with Gasteiger partial charge in [-0.3, -0.25) is 4.79 Å². The number of carbonyl (C=O) groups excluding carboxylic acids is 1. The Morgan fingerprint density at radius 3 is 2.37 bits per heavy atom. The van der Waals surface area contributed by atoms with Crippen molar-refractivity contribution >= 4 is 5.91 Å². The molecular weight excluding hydrogens is 243 g/mol. The SMILES string of the molecule is CCC(CC)C(N)CNC(=O)Cc1ccc(F)cc1. The quantitative estimate of drug-likeness (QED) is 0.795. The van der Waals surface area contributed by atoms with Crippen LogP contribution in [0.3, 0.4) is 0 Å². The maximum Gasteiger partial charge on any atom is 0.224 e. The molecule has 0 saturated heterocycles. The maximum atomic E-state index is 12.7. The normalized spacial score (nSPS) is 12.5. The number of nitrogens with one attached hydrogen (secondary N) is 1. The van der Waals surface area contributed by atoms with Crippen LogP contribution in [0.2, 0.25) is 0 Å².